The zero-order chi connectivity index (χ0) is 12.6. The lowest BCUT2D eigenvalue weighted by Crippen LogP contribution is -2.61. The first-order valence-electron chi connectivity index (χ1n) is 5.39. The summed E-state index contributed by atoms with van der Waals surface area (Å²) in [6.07, 6.45) is 0. The van der Waals surface area contributed by atoms with Crippen LogP contribution >= 0.6 is 0 Å². The van der Waals surface area contributed by atoms with Crippen LogP contribution in [0.25, 0.3) is 0 Å². The minimum absolute atomic E-state index is 0.202. The maximum Gasteiger partial charge on any atom is 0.259 e. The van der Waals surface area contributed by atoms with Gasteiger partial charge in [0.25, 0.3) is 5.91 Å². The number of hydrogen-bond donors (Lipinski definition) is 2. The van der Waals surface area contributed by atoms with Crippen LogP contribution in [0.4, 0.5) is 5.69 Å². The SMILES string of the molecule is COc1cccc(N)c1C(=O)N1CC(C)(O)C1. The van der Waals surface area contributed by atoms with Crippen LogP contribution in [0.1, 0.15) is 17.3 Å². The smallest absolute Gasteiger partial charge is 0.259 e. The van der Waals surface area contributed by atoms with Crippen molar-refractivity contribution in [3.63, 3.8) is 0 Å². The number of nitrogens with zero attached hydrogens (tertiary/aromatic N) is 1. The van der Waals surface area contributed by atoms with Crippen molar-refractivity contribution in [2.24, 2.45) is 0 Å². The summed E-state index contributed by atoms with van der Waals surface area (Å²) in [5.41, 5.74) is 5.76. The van der Waals surface area contributed by atoms with Crippen LogP contribution in [-0.4, -0.2) is 41.7 Å². The molecule has 2 rings (SSSR count). The van der Waals surface area contributed by atoms with E-state index in [9.17, 15) is 9.90 Å². The Morgan fingerprint density at radius 1 is 1.53 bits per heavy atom. The maximum atomic E-state index is 12.2. The summed E-state index contributed by atoms with van der Waals surface area (Å²) in [4.78, 5) is 13.7. The van der Waals surface area contributed by atoms with E-state index in [1.165, 1.54) is 7.11 Å². The zero-order valence-corrected chi connectivity index (χ0v) is 9.93. The number of amides is 1. The first-order chi connectivity index (χ1) is 7.94. The standard InChI is InChI=1S/C12H16N2O3/c1-12(16)6-14(7-12)11(15)10-8(13)4-3-5-9(10)17-2/h3-5,16H,6-7,13H2,1-2H3. The third-order valence-corrected chi connectivity index (χ3v) is 2.84. The second kappa shape index (κ2) is 3.92. The Morgan fingerprint density at radius 3 is 2.71 bits per heavy atom. The molecular weight excluding hydrogens is 220 g/mol. The van der Waals surface area contributed by atoms with Crippen molar-refractivity contribution in [2.75, 3.05) is 25.9 Å². The molecule has 1 heterocycles. The molecule has 1 fully saturated rings. The van der Waals surface area contributed by atoms with Crippen LogP contribution < -0.4 is 10.5 Å². The van der Waals surface area contributed by atoms with Gasteiger partial charge < -0.3 is 20.5 Å². The van der Waals surface area contributed by atoms with Gasteiger partial charge in [0.05, 0.1) is 25.8 Å². The highest BCUT2D eigenvalue weighted by Gasteiger charge is 2.40. The van der Waals surface area contributed by atoms with Crippen molar-refractivity contribution in [3.05, 3.63) is 23.8 Å². The van der Waals surface area contributed by atoms with E-state index in [-0.39, 0.29) is 5.91 Å². The van der Waals surface area contributed by atoms with Crippen molar-refractivity contribution < 1.29 is 14.6 Å². The van der Waals surface area contributed by atoms with Crippen molar-refractivity contribution in [3.8, 4) is 5.75 Å². The number of anilines is 1. The predicted molar refractivity (Wildman–Crippen MR) is 63.9 cm³/mol. The third-order valence-electron chi connectivity index (χ3n) is 2.84. The number of carbonyl (C=O) groups excluding carboxylic acids is 1. The van der Waals surface area contributed by atoms with E-state index in [1.807, 2.05) is 0 Å². The lowest BCUT2D eigenvalue weighted by atomic mass is 9.95. The molecule has 1 aliphatic heterocycles. The van der Waals surface area contributed by atoms with Crippen molar-refractivity contribution in [1.29, 1.82) is 0 Å². The number of hydrogen-bond acceptors (Lipinski definition) is 4. The monoisotopic (exact) mass is 236 g/mol. The average molecular weight is 236 g/mol. The predicted octanol–water partition coefficient (Wildman–Crippen LogP) is 0.484. The van der Waals surface area contributed by atoms with Crippen molar-refractivity contribution in [1.82, 2.24) is 4.90 Å². The molecule has 0 bridgehead atoms. The topological polar surface area (TPSA) is 75.8 Å². The minimum Gasteiger partial charge on any atom is -0.496 e. The second-order valence-corrected chi connectivity index (χ2v) is 4.58. The van der Waals surface area contributed by atoms with Crippen LogP contribution in [0.5, 0.6) is 5.75 Å². The molecule has 0 spiro atoms. The maximum absolute atomic E-state index is 12.2. The highest BCUT2D eigenvalue weighted by molar-refractivity contribution is 6.02. The Hall–Kier alpha value is -1.75. The van der Waals surface area contributed by atoms with Gasteiger partial charge in [0, 0.05) is 5.69 Å². The third kappa shape index (κ3) is 2.06. The van der Waals surface area contributed by atoms with Gasteiger partial charge in [0.2, 0.25) is 0 Å². The number of ether oxygens (including phenoxy) is 1. The molecule has 1 aromatic carbocycles. The van der Waals surface area contributed by atoms with Crippen LogP contribution in [-0.2, 0) is 0 Å². The summed E-state index contributed by atoms with van der Waals surface area (Å²) in [6, 6.07) is 5.09. The minimum atomic E-state index is -0.785. The molecule has 1 amide bonds. The molecule has 0 aromatic heterocycles. The molecule has 0 unspecified atom stereocenters. The number of nitrogens with two attached hydrogens (primary N) is 1. The Labute approximate surface area is 99.8 Å². The van der Waals surface area contributed by atoms with Crippen molar-refractivity contribution >= 4 is 11.6 Å². The first kappa shape index (κ1) is 11.7. The van der Waals surface area contributed by atoms with Crippen molar-refractivity contribution in [2.45, 2.75) is 12.5 Å². The first-order valence-corrected chi connectivity index (χ1v) is 5.39. The number of likely N-dealkylation sites (tertiary alicyclic amines) is 1. The lowest BCUT2D eigenvalue weighted by molar-refractivity contribution is -0.0669. The molecule has 5 nitrogen and oxygen atoms in total. The summed E-state index contributed by atoms with van der Waals surface area (Å²) in [5.74, 6) is 0.257. The van der Waals surface area contributed by atoms with Crippen LogP contribution in [0.15, 0.2) is 18.2 Å². The Bertz CT molecular complexity index is 449. The second-order valence-electron chi connectivity index (χ2n) is 4.58. The normalized spacial score (nSPS) is 17.5. The molecular formula is C12H16N2O3. The van der Waals surface area contributed by atoms with Gasteiger partial charge in [-0.25, -0.2) is 0 Å². The molecule has 3 N–H and O–H groups in total. The van der Waals surface area contributed by atoms with E-state index in [0.717, 1.165) is 0 Å². The van der Waals surface area contributed by atoms with E-state index in [4.69, 9.17) is 10.5 Å². The van der Waals surface area contributed by atoms with E-state index < -0.39 is 5.60 Å². The Morgan fingerprint density at radius 2 is 2.18 bits per heavy atom. The Balaban J connectivity index is 2.26. The molecule has 5 heteroatoms. The fourth-order valence-corrected chi connectivity index (χ4v) is 2.02. The van der Waals surface area contributed by atoms with E-state index in [2.05, 4.69) is 0 Å². The molecule has 17 heavy (non-hydrogen) atoms. The number of nitrogen functional groups attached to an aromatic ring is 1. The van der Waals surface area contributed by atoms with Crippen LogP contribution in [0.3, 0.4) is 0 Å². The van der Waals surface area contributed by atoms with E-state index in [1.54, 1.807) is 30.0 Å². The number of aliphatic hydroxyl groups is 1. The summed E-state index contributed by atoms with van der Waals surface area (Å²) >= 11 is 0. The van der Waals surface area contributed by atoms with Gasteiger partial charge in [-0.15, -0.1) is 0 Å². The molecule has 0 radical (unpaired) electrons. The van der Waals surface area contributed by atoms with Gasteiger partial charge >= 0.3 is 0 Å². The largest absolute Gasteiger partial charge is 0.496 e. The van der Waals surface area contributed by atoms with Gasteiger partial charge in [-0.1, -0.05) is 6.07 Å². The lowest BCUT2D eigenvalue weighted by Gasteiger charge is -2.44. The van der Waals surface area contributed by atoms with E-state index >= 15 is 0 Å². The molecule has 1 saturated heterocycles. The summed E-state index contributed by atoms with van der Waals surface area (Å²) in [7, 11) is 1.50. The van der Waals surface area contributed by atoms with Gasteiger partial charge in [0.15, 0.2) is 0 Å². The number of benzene rings is 1. The molecule has 0 saturated carbocycles. The molecule has 0 atom stereocenters. The fraction of sp³-hybridized carbons (Fsp3) is 0.417. The molecule has 1 aliphatic rings. The Kier molecular flexibility index (Phi) is 2.71. The summed E-state index contributed by atoms with van der Waals surface area (Å²) < 4.78 is 5.13. The average Bonchev–Trinajstić information content (AvgIpc) is 2.24. The number of carbonyl (C=O) groups is 1. The number of β-amino-alcohol motifs (C(OH)–C–C–N with tert-alkyl or cyclic N) is 1. The highest BCUT2D eigenvalue weighted by Crippen LogP contribution is 2.29. The quantitative estimate of drug-likeness (QED) is 0.732. The van der Waals surface area contributed by atoms with E-state index in [0.29, 0.717) is 30.1 Å². The zero-order valence-electron chi connectivity index (χ0n) is 9.93. The van der Waals surface area contributed by atoms with Gasteiger partial charge in [-0.05, 0) is 19.1 Å². The molecule has 1 aromatic rings. The van der Waals surface area contributed by atoms with Gasteiger partial charge in [-0.3, -0.25) is 4.79 Å². The molecule has 92 valence electrons. The summed E-state index contributed by atoms with van der Waals surface area (Å²) in [5, 5.41) is 9.62. The number of methoxy groups -OCH3 is 1. The number of rotatable bonds is 2. The highest BCUT2D eigenvalue weighted by atomic mass is 16.5. The van der Waals surface area contributed by atoms with Gasteiger partial charge in [-0.2, -0.15) is 0 Å². The van der Waals surface area contributed by atoms with Crippen LogP contribution in [0.2, 0.25) is 0 Å². The van der Waals surface area contributed by atoms with Crippen LogP contribution in [0, 0.1) is 0 Å². The fourth-order valence-electron chi connectivity index (χ4n) is 2.02. The van der Waals surface area contributed by atoms with Gasteiger partial charge in [0.1, 0.15) is 11.3 Å². The summed E-state index contributed by atoms with van der Waals surface area (Å²) in [6.45, 7) is 2.34. The molecule has 0 aliphatic carbocycles.